The first-order valence-electron chi connectivity index (χ1n) is 12.4. The quantitative estimate of drug-likeness (QED) is 0.371. The molecule has 0 unspecified atom stereocenters. The molecule has 5 rings (SSSR count). The van der Waals surface area contributed by atoms with Gasteiger partial charge < -0.3 is 20.1 Å². The third-order valence-electron chi connectivity index (χ3n) is 6.88. The maximum atomic E-state index is 13.8. The van der Waals surface area contributed by atoms with Gasteiger partial charge in [-0.25, -0.2) is 0 Å². The fourth-order valence-corrected chi connectivity index (χ4v) is 5.01. The van der Waals surface area contributed by atoms with Gasteiger partial charge in [0.25, 0.3) is 0 Å². The van der Waals surface area contributed by atoms with E-state index in [-0.39, 0.29) is 17.7 Å². The summed E-state index contributed by atoms with van der Waals surface area (Å²) < 4.78 is 11.5. The minimum Gasteiger partial charge on any atom is -0.497 e. The molecule has 0 bridgehead atoms. The van der Waals surface area contributed by atoms with Gasteiger partial charge in [0.05, 0.1) is 31.1 Å². The second kappa shape index (κ2) is 10.3. The molecule has 0 fully saturated rings. The van der Waals surface area contributed by atoms with Crippen LogP contribution in [0.4, 0.5) is 11.4 Å². The molecule has 0 amide bonds. The number of hydrogen-bond acceptors (Lipinski definition) is 5. The second-order valence-electron chi connectivity index (χ2n) is 9.18. The van der Waals surface area contributed by atoms with Crippen molar-refractivity contribution >= 4 is 17.2 Å². The largest absolute Gasteiger partial charge is 0.497 e. The van der Waals surface area contributed by atoms with Crippen LogP contribution in [-0.2, 0) is 4.79 Å². The molecule has 2 atom stereocenters. The summed E-state index contributed by atoms with van der Waals surface area (Å²) in [6.45, 7) is 2.82. The van der Waals surface area contributed by atoms with Crippen LogP contribution in [0.15, 0.2) is 84.1 Å². The molecule has 5 heteroatoms. The number of fused-ring (bicyclic) bond motifs is 1. The summed E-state index contributed by atoms with van der Waals surface area (Å²) in [5, 5.41) is 7.28. The summed E-state index contributed by atoms with van der Waals surface area (Å²) >= 11 is 0. The third-order valence-corrected chi connectivity index (χ3v) is 6.88. The van der Waals surface area contributed by atoms with E-state index in [4.69, 9.17) is 9.47 Å². The molecule has 3 aromatic carbocycles. The van der Waals surface area contributed by atoms with E-state index in [9.17, 15) is 4.79 Å². The number of hydrogen-bond donors (Lipinski definition) is 2. The zero-order valence-corrected chi connectivity index (χ0v) is 20.3. The number of ether oxygens (including phenoxy) is 2. The molecule has 1 aliphatic carbocycles. The summed E-state index contributed by atoms with van der Waals surface area (Å²) in [4.78, 5) is 13.8. The maximum absolute atomic E-state index is 13.8. The van der Waals surface area contributed by atoms with Crippen molar-refractivity contribution in [1.29, 1.82) is 0 Å². The Hall–Kier alpha value is -3.73. The number of benzene rings is 3. The van der Waals surface area contributed by atoms with Crippen molar-refractivity contribution < 1.29 is 14.3 Å². The van der Waals surface area contributed by atoms with Gasteiger partial charge in [-0.2, -0.15) is 0 Å². The van der Waals surface area contributed by atoms with Gasteiger partial charge in [0.1, 0.15) is 11.5 Å². The van der Waals surface area contributed by atoms with E-state index in [1.807, 2.05) is 42.5 Å². The predicted octanol–water partition coefficient (Wildman–Crippen LogP) is 6.85. The van der Waals surface area contributed by atoms with Crippen LogP contribution in [0.2, 0.25) is 0 Å². The molecule has 0 saturated carbocycles. The Morgan fingerprint density at radius 2 is 1.66 bits per heavy atom. The predicted molar refractivity (Wildman–Crippen MR) is 140 cm³/mol. The van der Waals surface area contributed by atoms with Gasteiger partial charge in [-0.05, 0) is 54.7 Å². The standard InChI is InChI=1S/C30H32N2O3/c1-3-4-17-35-28-12-8-5-9-23(28)30-29-26(31-24-10-6-7-11-25(24)32-30)18-21(19-27(29)33)20-13-15-22(34-2)16-14-20/h5-16,21,30-32H,3-4,17-19H2,1-2H3/t21-,30-/m1/s1. The van der Waals surface area contributed by atoms with E-state index in [2.05, 4.69) is 47.9 Å². The Kier molecular flexibility index (Phi) is 6.75. The fraction of sp³-hybridized carbons (Fsp3) is 0.300. The van der Waals surface area contributed by atoms with Crippen molar-refractivity contribution in [3.05, 3.63) is 95.2 Å². The number of carbonyl (C=O) groups is 1. The minimum atomic E-state index is -0.289. The number of methoxy groups -OCH3 is 1. The number of para-hydroxylation sites is 3. The summed E-state index contributed by atoms with van der Waals surface area (Å²) in [5.41, 5.74) is 5.88. The lowest BCUT2D eigenvalue weighted by atomic mass is 9.78. The zero-order chi connectivity index (χ0) is 24.2. The van der Waals surface area contributed by atoms with E-state index in [0.29, 0.717) is 13.0 Å². The van der Waals surface area contributed by atoms with Gasteiger partial charge in [-0.3, -0.25) is 4.79 Å². The van der Waals surface area contributed by atoms with Crippen LogP contribution in [0.5, 0.6) is 11.5 Å². The lowest BCUT2D eigenvalue weighted by Crippen LogP contribution is -2.27. The first-order chi connectivity index (χ1) is 17.2. The lowest BCUT2D eigenvalue weighted by molar-refractivity contribution is -0.116. The average Bonchev–Trinajstić information content (AvgIpc) is 3.06. The molecule has 0 saturated heterocycles. The molecule has 2 aliphatic rings. The van der Waals surface area contributed by atoms with Gasteiger partial charge in [-0.15, -0.1) is 0 Å². The Morgan fingerprint density at radius 3 is 2.43 bits per heavy atom. The third kappa shape index (κ3) is 4.76. The molecular formula is C30H32N2O3. The Morgan fingerprint density at radius 1 is 0.914 bits per heavy atom. The van der Waals surface area contributed by atoms with Crippen LogP contribution < -0.4 is 20.1 Å². The second-order valence-corrected chi connectivity index (χ2v) is 9.18. The van der Waals surface area contributed by atoms with Crippen LogP contribution in [0, 0.1) is 0 Å². The Bertz CT molecular complexity index is 1230. The molecular weight excluding hydrogens is 436 g/mol. The van der Waals surface area contributed by atoms with Gasteiger partial charge in [-0.1, -0.05) is 55.8 Å². The lowest BCUT2D eigenvalue weighted by Gasteiger charge is -2.30. The zero-order valence-electron chi connectivity index (χ0n) is 20.3. The topological polar surface area (TPSA) is 59.6 Å². The highest BCUT2D eigenvalue weighted by molar-refractivity contribution is 6.01. The van der Waals surface area contributed by atoms with Crippen molar-refractivity contribution in [1.82, 2.24) is 0 Å². The molecule has 1 heterocycles. The number of carbonyl (C=O) groups excluding carboxylic acids is 1. The molecule has 2 N–H and O–H groups in total. The normalized spacial score (nSPS) is 19.1. The Labute approximate surface area is 207 Å². The number of ketones is 1. The summed E-state index contributed by atoms with van der Waals surface area (Å²) in [5.74, 6) is 1.92. The molecule has 35 heavy (non-hydrogen) atoms. The number of rotatable bonds is 7. The molecule has 1 aliphatic heterocycles. The van der Waals surface area contributed by atoms with E-state index in [0.717, 1.165) is 64.5 Å². The smallest absolute Gasteiger partial charge is 0.163 e. The first-order valence-corrected chi connectivity index (χ1v) is 12.4. The highest BCUT2D eigenvalue weighted by Gasteiger charge is 2.37. The van der Waals surface area contributed by atoms with Crippen molar-refractivity contribution in [2.24, 2.45) is 0 Å². The van der Waals surface area contributed by atoms with Gasteiger partial charge >= 0.3 is 0 Å². The van der Waals surface area contributed by atoms with Crippen LogP contribution in [-0.4, -0.2) is 19.5 Å². The first kappa shape index (κ1) is 23.0. The van der Waals surface area contributed by atoms with Gasteiger partial charge in [0.2, 0.25) is 0 Å². The Balaban J connectivity index is 1.56. The molecule has 180 valence electrons. The van der Waals surface area contributed by atoms with E-state index in [1.54, 1.807) is 7.11 Å². The van der Waals surface area contributed by atoms with Crippen molar-refractivity contribution in [2.45, 2.75) is 44.6 Å². The van der Waals surface area contributed by atoms with E-state index < -0.39 is 0 Å². The fourth-order valence-electron chi connectivity index (χ4n) is 5.01. The molecule has 3 aromatic rings. The van der Waals surface area contributed by atoms with E-state index in [1.165, 1.54) is 0 Å². The SMILES string of the molecule is CCCCOc1ccccc1[C@H]1Nc2ccccc2NC2=C1C(=O)C[C@H](c1ccc(OC)cc1)C2. The van der Waals surface area contributed by atoms with E-state index >= 15 is 0 Å². The minimum absolute atomic E-state index is 0.113. The highest BCUT2D eigenvalue weighted by Crippen LogP contribution is 2.45. The van der Waals surface area contributed by atoms with Crippen LogP contribution >= 0.6 is 0 Å². The van der Waals surface area contributed by atoms with Crippen molar-refractivity contribution in [3.8, 4) is 11.5 Å². The maximum Gasteiger partial charge on any atom is 0.163 e. The summed E-state index contributed by atoms with van der Waals surface area (Å²) in [7, 11) is 1.67. The number of nitrogens with one attached hydrogen (secondary N) is 2. The van der Waals surface area contributed by atoms with Crippen LogP contribution in [0.1, 0.15) is 55.7 Å². The number of unbranched alkanes of at least 4 members (excludes halogenated alkanes) is 1. The molecule has 0 radical (unpaired) electrons. The number of Topliss-reactive ketones (excluding diaryl/α,β-unsaturated/α-hetero) is 1. The average molecular weight is 469 g/mol. The monoisotopic (exact) mass is 468 g/mol. The number of allylic oxidation sites excluding steroid dienone is 1. The summed E-state index contributed by atoms with van der Waals surface area (Å²) in [6.07, 6.45) is 3.30. The highest BCUT2D eigenvalue weighted by atomic mass is 16.5. The number of anilines is 2. The van der Waals surface area contributed by atoms with Gasteiger partial charge in [0.15, 0.2) is 5.78 Å². The van der Waals surface area contributed by atoms with Crippen molar-refractivity contribution in [3.63, 3.8) is 0 Å². The van der Waals surface area contributed by atoms with Crippen molar-refractivity contribution in [2.75, 3.05) is 24.4 Å². The molecule has 0 aromatic heterocycles. The van der Waals surface area contributed by atoms with Gasteiger partial charge in [0, 0.05) is 23.3 Å². The summed E-state index contributed by atoms with van der Waals surface area (Å²) in [6, 6.07) is 24.0. The van der Waals surface area contributed by atoms with Crippen LogP contribution in [0.25, 0.3) is 0 Å². The van der Waals surface area contributed by atoms with Crippen LogP contribution in [0.3, 0.4) is 0 Å². The molecule has 0 spiro atoms. The molecule has 5 nitrogen and oxygen atoms in total.